The molecule has 1 N–H and O–H groups in total. The molecule has 2 amide bonds. The highest BCUT2D eigenvalue weighted by Crippen LogP contribution is 2.26. The first-order chi connectivity index (χ1) is 14.4. The summed E-state index contributed by atoms with van der Waals surface area (Å²) in [6, 6.07) is 4.78. The topological polar surface area (TPSA) is 83.7 Å². The van der Waals surface area contributed by atoms with Crippen LogP contribution in [0.4, 0.5) is 25.1 Å². The molecular weight excluding hydrogens is 396 g/mol. The van der Waals surface area contributed by atoms with Crippen LogP contribution < -0.4 is 15.0 Å². The van der Waals surface area contributed by atoms with Crippen molar-refractivity contribution >= 4 is 28.8 Å². The Hall–Kier alpha value is -3.43. The Kier molecular flexibility index (Phi) is 5.39. The Labute approximate surface area is 171 Å². The second kappa shape index (κ2) is 8.13. The summed E-state index contributed by atoms with van der Waals surface area (Å²) in [4.78, 5) is 24.9. The van der Waals surface area contributed by atoms with Gasteiger partial charge in [0.2, 0.25) is 5.71 Å². The Morgan fingerprint density at radius 1 is 1.13 bits per heavy atom. The highest BCUT2D eigenvalue weighted by Gasteiger charge is 2.24. The molecule has 0 saturated carbocycles. The second-order valence-electron chi connectivity index (χ2n) is 6.89. The lowest BCUT2D eigenvalue weighted by molar-refractivity contribution is 0.208. The van der Waals surface area contributed by atoms with Crippen molar-refractivity contribution in [1.29, 1.82) is 0 Å². The number of furan rings is 1. The first-order valence-corrected chi connectivity index (χ1v) is 9.61. The van der Waals surface area contributed by atoms with Crippen molar-refractivity contribution in [1.82, 2.24) is 14.9 Å². The Bertz CT molecular complexity index is 1060. The summed E-state index contributed by atoms with van der Waals surface area (Å²) in [7, 11) is 0. The van der Waals surface area contributed by atoms with E-state index in [9.17, 15) is 13.6 Å². The van der Waals surface area contributed by atoms with E-state index in [2.05, 4.69) is 15.3 Å². The van der Waals surface area contributed by atoms with Gasteiger partial charge in [-0.25, -0.2) is 18.6 Å². The first-order valence-electron chi connectivity index (χ1n) is 9.61. The summed E-state index contributed by atoms with van der Waals surface area (Å²) in [6.45, 7) is 5.60. The number of amides is 2. The van der Waals surface area contributed by atoms with Crippen molar-refractivity contribution in [2.45, 2.75) is 13.8 Å². The van der Waals surface area contributed by atoms with Crippen molar-refractivity contribution in [3.05, 3.63) is 41.7 Å². The van der Waals surface area contributed by atoms with E-state index in [1.807, 2.05) is 4.90 Å². The maximum atomic E-state index is 13.5. The minimum absolute atomic E-state index is 0.182. The van der Waals surface area contributed by atoms with Crippen molar-refractivity contribution < 1.29 is 22.7 Å². The lowest BCUT2D eigenvalue weighted by Crippen LogP contribution is -2.50. The maximum Gasteiger partial charge on any atom is 0.323 e. The number of aromatic nitrogens is 2. The minimum atomic E-state index is -0.628. The van der Waals surface area contributed by atoms with Gasteiger partial charge in [-0.2, -0.15) is 4.98 Å². The van der Waals surface area contributed by atoms with Crippen LogP contribution in [0.3, 0.4) is 0 Å². The van der Waals surface area contributed by atoms with Crippen LogP contribution in [0.5, 0.6) is 5.88 Å². The fourth-order valence-electron chi connectivity index (χ4n) is 3.35. The number of ether oxygens (including phenoxy) is 1. The molecule has 1 aliphatic heterocycles. The number of nitrogens with zero attached hydrogens (tertiary/aromatic N) is 4. The molecule has 1 aliphatic rings. The Morgan fingerprint density at radius 3 is 2.50 bits per heavy atom. The summed E-state index contributed by atoms with van der Waals surface area (Å²) >= 11 is 0. The van der Waals surface area contributed by atoms with Gasteiger partial charge in [0.1, 0.15) is 22.9 Å². The first kappa shape index (κ1) is 19.9. The highest BCUT2D eigenvalue weighted by atomic mass is 19.1. The van der Waals surface area contributed by atoms with Gasteiger partial charge < -0.3 is 19.0 Å². The summed E-state index contributed by atoms with van der Waals surface area (Å²) in [6.07, 6.45) is 0. The normalized spacial score (nSPS) is 14.3. The van der Waals surface area contributed by atoms with E-state index in [0.717, 1.165) is 6.07 Å². The van der Waals surface area contributed by atoms with Crippen molar-refractivity contribution in [3.8, 4) is 5.88 Å². The number of hydrogen-bond donors (Lipinski definition) is 1. The molecule has 3 aromatic rings. The zero-order valence-corrected chi connectivity index (χ0v) is 16.6. The Morgan fingerprint density at radius 2 is 1.83 bits per heavy atom. The summed E-state index contributed by atoms with van der Waals surface area (Å²) < 4.78 is 37.9. The van der Waals surface area contributed by atoms with E-state index in [0.29, 0.717) is 55.5 Å². The van der Waals surface area contributed by atoms with Gasteiger partial charge in [-0.1, -0.05) is 0 Å². The Balaban J connectivity index is 1.45. The molecule has 0 spiro atoms. The molecule has 1 saturated heterocycles. The number of anilines is 2. The van der Waals surface area contributed by atoms with Crippen LogP contribution in [-0.4, -0.2) is 53.7 Å². The minimum Gasteiger partial charge on any atom is -0.475 e. The van der Waals surface area contributed by atoms with Crippen molar-refractivity contribution in [2.24, 2.45) is 0 Å². The van der Waals surface area contributed by atoms with Crippen LogP contribution in [0.2, 0.25) is 0 Å². The number of piperazine rings is 1. The number of halogens is 2. The standard InChI is InChI=1S/C20H21F2N5O3/c1-3-29-19-17(23-16-8-12(2)30-18(16)25-19)24-20(28)27-6-4-26(5-7-27)15-10-13(21)9-14(22)11-15/h8-11H,3-7H2,1-2H3,(H,23,24,28). The predicted molar refractivity (Wildman–Crippen MR) is 107 cm³/mol. The van der Waals surface area contributed by atoms with Gasteiger partial charge >= 0.3 is 6.03 Å². The van der Waals surface area contributed by atoms with E-state index in [1.54, 1.807) is 24.8 Å². The van der Waals surface area contributed by atoms with Crippen molar-refractivity contribution in [3.63, 3.8) is 0 Å². The zero-order chi connectivity index (χ0) is 21.3. The van der Waals surface area contributed by atoms with E-state index >= 15 is 0 Å². The van der Waals surface area contributed by atoms with E-state index < -0.39 is 11.6 Å². The number of urea groups is 1. The lowest BCUT2D eigenvalue weighted by Gasteiger charge is -2.36. The molecule has 3 heterocycles. The van der Waals surface area contributed by atoms with Crippen LogP contribution in [0, 0.1) is 18.6 Å². The SMILES string of the molecule is CCOc1nc2oc(C)cc2nc1NC(=O)N1CCN(c2cc(F)cc(F)c2)CC1. The smallest absolute Gasteiger partial charge is 0.323 e. The average molecular weight is 417 g/mol. The van der Waals surface area contributed by atoms with Crippen molar-refractivity contribution in [2.75, 3.05) is 43.0 Å². The van der Waals surface area contributed by atoms with Gasteiger partial charge in [0.15, 0.2) is 5.82 Å². The molecule has 0 atom stereocenters. The van der Waals surface area contributed by atoms with Crippen LogP contribution in [0.1, 0.15) is 12.7 Å². The number of hydrogen-bond acceptors (Lipinski definition) is 6. The molecule has 2 aromatic heterocycles. The van der Waals surface area contributed by atoms with Crippen LogP contribution in [-0.2, 0) is 0 Å². The fourth-order valence-corrected chi connectivity index (χ4v) is 3.35. The van der Waals surface area contributed by atoms with Gasteiger partial charge in [-0.05, 0) is 26.0 Å². The molecule has 8 nitrogen and oxygen atoms in total. The quantitative estimate of drug-likeness (QED) is 0.699. The molecule has 30 heavy (non-hydrogen) atoms. The third-order valence-corrected chi connectivity index (χ3v) is 4.74. The largest absolute Gasteiger partial charge is 0.475 e. The molecule has 0 bridgehead atoms. The molecule has 1 aromatic carbocycles. The van der Waals surface area contributed by atoms with E-state index in [4.69, 9.17) is 9.15 Å². The molecule has 1 fully saturated rings. The molecule has 158 valence electrons. The third-order valence-electron chi connectivity index (χ3n) is 4.74. The van der Waals surface area contributed by atoms with Crippen LogP contribution in [0.15, 0.2) is 28.7 Å². The average Bonchev–Trinajstić information content (AvgIpc) is 3.06. The highest BCUT2D eigenvalue weighted by molar-refractivity contribution is 5.90. The summed E-state index contributed by atoms with van der Waals surface area (Å²) in [5, 5.41) is 2.75. The molecule has 0 unspecified atom stereocenters. The number of nitrogens with one attached hydrogen (secondary N) is 1. The van der Waals surface area contributed by atoms with Gasteiger partial charge in [0.25, 0.3) is 5.88 Å². The fraction of sp³-hybridized carbons (Fsp3) is 0.350. The van der Waals surface area contributed by atoms with Gasteiger partial charge in [0.05, 0.1) is 6.61 Å². The lowest BCUT2D eigenvalue weighted by atomic mass is 10.2. The monoisotopic (exact) mass is 417 g/mol. The number of benzene rings is 1. The number of aryl methyl sites for hydroxylation is 1. The summed E-state index contributed by atoms with van der Waals surface area (Å²) in [5.74, 6) is -0.207. The van der Waals surface area contributed by atoms with E-state index in [1.165, 1.54) is 12.1 Å². The number of carbonyl (C=O) groups excluding carboxylic acids is 1. The predicted octanol–water partition coefficient (Wildman–Crippen LogP) is 3.56. The van der Waals surface area contributed by atoms with Crippen LogP contribution >= 0.6 is 0 Å². The molecule has 10 heteroatoms. The molecule has 0 aliphatic carbocycles. The third kappa shape index (κ3) is 4.12. The maximum absolute atomic E-state index is 13.5. The molecule has 0 radical (unpaired) electrons. The second-order valence-corrected chi connectivity index (χ2v) is 6.89. The zero-order valence-electron chi connectivity index (χ0n) is 16.6. The van der Waals surface area contributed by atoms with E-state index in [-0.39, 0.29) is 17.7 Å². The van der Waals surface area contributed by atoms with Gasteiger partial charge in [-0.3, -0.25) is 5.32 Å². The van der Waals surface area contributed by atoms with Crippen LogP contribution in [0.25, 0.3) is 11.2 Å². The summed E-state index contributed by atoms with van der Waals surface area (Å²) in [5.41, 5.74) is 1.31. The van der Waals surface area contributed by atoms with Gasteiger partial charge in [0, 0.05) is 44.0 Å². The number of rotatable bonds is 4. The molecular formula is C20H21F2N5O3. The van der Waals surface area contributed by atoms with Gasteiger partial charge in [-0.15, -0.1) is 0 Å². The number of fused-ring (bicyclic) bond motifs is 1. The number of carbonyl (C=O) groups is 1. The molecule has 4 rings (SSSR count).